The molecule has 12 rings (SSSR count). The second-order valence-corrected chi connectivity index (χ2v) is 34.9. The van der Waals surface area contributed by atoms with Crippen molar-refractivity contribution in [2.75, 3.05) is 79.2 Å². The molecule has 6 saturated heterocycles. The molecule has 6 aromatic rings. The van der Waals surface area contributed by atoms with Crippen molar-refractivity contribution < 1.29 is 147 Å². The first-order valence-corrected chi connectivity index (χ1v) is 42.4. The Labute approximate surface area is 661 Å². The number of nitrogens with two attached hydrogens (primary N) is 4. The van der Waals surface area contributed by atoms with Crippen LogP contribution in [0.2, 0.25) is 0 Å². The fraction of sp³-hybridized carbons (Fsp3) is 0.603. The minimum absolute atomic E-state index is 0.0172. The smallest absolute Gasteiger partial charge is 0.455 e. The summed E-state index contributed by atoms with van der Waals surface area (Å²) in [6, 6.07) is 2.49. The molecule has 0 aromatic carbocycles. The Kier molecular flexibility index (Phi) is 28.8. The van der Waals surface area contributed by atoms with Crippen molar-refractivity contribution in [1.82, 2.24) is 67.9 Å². The van der Waals surface area contributed by atoms with Crippen LogP contribution in [0, 0.1) is 11.3 Å². The lowest BCUT2D eigenvalue weighted by molar-refractivity contribution is -0.161. The molecule has 12 heterocycles. The Morgan fingerprint density at radius 3 is 1.40 bits per heavy atom. The van der Waals surface area contributed by atoms with Crippen LogP contribution >= 0.6 is 54.8 Å². The molecule has 6 aromatic heterocycles. The van der Waals surface area contributed by atoms with E-state index >= 15 is 0 Å². The van der Waals surface area contributed by atoms with Gasteiger partial charge in [-0.3, -0.25) is 55.2 Å². The SMILES string of the molecule is CC(C)(C)OC(=O)N1CSC[C@H]1C(=O)OCC#N.CC(C)(C)OC(=O)N1CSC[C@H]1C(=O)O[C@H]1[C@@H](O)[C@H](n2cnc3c(N)ncnc32)O[C@@H]1COP(=O)(O)O[C@H]1C[C@H](n2ccc(N)nc2=O)O[C@@H]1COP(=O)(O)O.Nc1ccn([C@H]2C[C@H](OP(=O)(O)OC[C@H]3O[C@@H](n4cnc5c(N)ncnc54)[C@H](O)[C@@H]3O)[C@@H](COP(=O)(O)O)O2)c(=O)n1. The van der Waals surface area contributed by atoms with Gasteiger partial charge in [-0.15, -0.1) is 23.5 Å². The van der Waals surface area contributed by atoms with Gasteiger partial charge in [0.15, 0.2) is 48.1 Å². The van der Waals surface area contributed by atoms with Gasteiger partial charge in [-0.25, -0.2) is 76.9 Å². The molecule has 0 radical (unpaired) electrons. The summed E-state index contributed by atoms with van der Waals surface area (Å²) in [6.45, 7) is 6.73. The number of carbonyl (C=O) groups is 4. The van der Waals surface area contributed by atoms with Crippen LogP contribution in [0.25, 0.3) is 22.3 Å². The van der Waals surface area contributed by atoms with E-state index in [-0.39, 0.29) is 76.7 Å². The van der Waals surface area contributed by atoms with Crippen molar-refractivity contribution in [2.45, 2.75) is 164 Å². The molecular weight excluding hydrogens is 1680 g/mol. The standard InChI is InChI=1S/C28H39N9O16P2S.C19H26N8O13P2.C11H16N2O4S/c1-28(2,3)52-27(41)37-12-56-9-13(37)25(39)51-21-16(50-24(20(21)38)36-11-33-19-22(30)31-10-32-23(19)36)8-48-55(45,46)53-14-6-18(35-5-4-17(29)34-26(35)40)49-15(14)7-47-54(42,43)44;20-11-1-2-26(19(30)25-11)12-3-8(9(38-12)4-36-41(31,32)33)40-42(34,35)37-5-10-14(28)15(29)18(39-10)27-7-24-13-16(21)22-6-23-17(13)27;1-11(2,3)17-10(15)13-7-18-6-8(13)9(14)16-5-4-12/h4-5,10-11,13-16,18,20-21,24,38H,6-9,12H2,1-3H3,(H,45,46)(H2,29,34,40)(H2,30,31,32)(H2,42,43,44);1-2,6-10,12,14-15,18,28-29H,3-5H2,(H,34,35)(H2,20,25,30)(H2,21,22,23)(H2,31,32,33);8H,5-7H2,1-3H3/t13-,14-,15+,16+,18+,20+,21+,24+;8-,9+,10+,12+,14+,15+,18+;8-/m000/s1. The van der Waals surface area contributed by atoms with Crippen molar-refractivity contribution >= 4 is 125 Å². The molecule has 638 valence electrons. The lowest BCUT2D eigenvalue weighted by Crippen LogP contribution is -2.48. The number of ether oxygens (including phenoxy) is 8. The fourth-order valence-electron chi connectivity index (χ4n) is 11.8. The van der Waals surface area contributed by atoms with Crippen molar-refractivity contribution in [2.24, 2.45) is 0 Å². The number of esters is 2. The van der Waals surface area contributed by atoms with Gasteiger partial charge in [0.05, 0.1) is 50.8 Å². The number of hydrogen-bond acceptors (Lipinski definition) is 42. The summed E-state index contributed by atoms with van der Waals surface area (Å²) < 4.78 is 127. The van der Waals surface area contributed by atoms with Crippen LogP contribution in [0.15, 0.2) is 59.4 Å². The molecule has 6 aliphatic heterocycles. The maximum absolute atomic E-state index is 13.6. The van der Waals surface area contributed by atoms with E-state index in [0.29, 0.717) is 11.6 Å². The normalized spacial score (nSPS) is 27.3. The predicted octanol–water partition coefficient (Wildman–Crippen LogP) is -1.24. The first kappa shape index (κ1) is 90.2. The first-order valence-electron chi connectivity index (χ1n) is 34.1. The number of phosphoric ester groups is 4. The van der Waals surface area contributed by atoms with E-state index < -0.39 is 202 Å². The molecule has 0 aliphatic carbocycles. The zero-order chi connectivity index (χ0) is 84.9. The van der Waals surface area contributed by atoms with E-state index in [1.54, 1.807) is 47.6 Å². The zero-order valence-electron chi connectivity index (χ0n) is 61.6. The van der Waals surface area contributed by atoms with Crippen molar-refractivity contribution in [3.8, 4) is 6.07 Å². The van der Waals surface area contributed by atoms with Crippen LogP contribution in [0.4, 0.5) is 32.9 Å². The van der Waals surface area contributed by atoms with Crippen molar-refractivity contribution in [3.63, 3.8) is 0 Å². The van der Waals surface area contributed by atoms with Gasteiger partial charge in [-0.2, -0.15) is 15.2 Å². The van der Waals surface area contributed by atoms with Crippen LogP contribution in [-0.2, 0) is 92.9 Å². The second-order valence-electron chi connectivity index (χ2n) is 27.6. The third-order valence-corrected chi connectivity index (χ3v) is 21.9. The summed E-state index contributed by atoms with van der Waals surface area (Å²) in [5, 5.41) is 41.0. The number of aromatic nitrogens is 12. The molecular formula is C58H81N19O33P4S2. The summed E-state index contributed by atoms with van der Waals surface area (Å²) in [5.74, 6) is -0.497. The number of aliphatic hydroxyl groups is 3. The summed E-state index contributed by atoms with van der Waals surface area (Å²) in [5.41, 5.74) is 20.3. The highest BCUT2D eigenvalue weighted by Gasteiger charge is 2.53. The van der Waals surface area contributed by atoms with Crippen LogP contribution in [-0.4, -0.2) is 277 Å². The van der Waals surface area contributed by atoms with Crippen LogP contribution in [0.3, 0.4) is 0 Å². The zero-order valence-corrected chi connectivity index (χ0v) is 66.8. The van der Waals surface area contributed by atoms with Gasteiger partial charge >= 0.3 is 66.8 Å². The number of hydrogen-bond donors (Lipinski definition) is 13. The Hall–Kier alpha value is -8.11. The molecule has 58 heteroatoms. The third kappa shape index (κ3) is 23.2. The maximum atomic E-state index is 13.6. The fourth-order valence-corrected chi connectivity index (χ4v) is 16.6. The molecule has 0 spiro atoms. The summed E-state index contributed by atoms with van der Waals surface area (Å²) in [4.78, 5) is 166. The van der Waals surface area contributed by atoms with E-state index in [0.717, 1.165) is 15.5 Å². The van der Waals surface area contributed by atoms with E-state index in [4.69, 9.17) is 94.0 Å². The van der Waals surface area contributed by atoms with Crippen molar-refractivity contribution in [3.05, 3.63) is 70.8 Å². The number of phosphoric acid groups is 4. The third-order valence-electron chi connectivity index (χ3n) is 16.9. The number of thioether (sulfide) groups is 2. The average Bonchev–Trinajstić information content (AvgIpc) is 1.62. The molecule has 116 heavy (non-hydrogen) atoms. The lowest BCUT2D eigenvalue weighted by Gasteiger charge is -2.28. The van der Waals surface area contributed by atoms with Crippen LogP contribution in [0.1, 0.15) is 79.3 Å². The number of imidazole rings is 2. The highest BCUT2D eigenvalue weighted by atomic mass is 32.2. The second kappa shape index (κ2) is 37.0. The van der Waals surface area contributed by atoms with Gasteiger partial charge < -0.3 is 106 Å². The van der Waals surface area contributed by atoms with Crippen molar-refractivity contribution in [1.29, 1.82) is 5.26 Å². The molecule has 52 nitrogen and oxygen atoms in total. The average molecular weight is 1760 g/mol. The van der Waals surface area contributed by atoms with E-state index in [9.17, 15) is 81.9 Å². The number of aliphatic hydroxyl groups excluding tert-OH is 3. The molecule has 6 fully saturated rings. The molecule has 0 bridgehead atoms. The van der Waals surface area contributed by atoms with Gasteiger partial charge in [0.25, 0.3) is 0 Å². The minimum atomic E-state index is -5.19. The Balaban J connectivity index is 0.000000207. The molecule has 0 saturated carbocycles. The monoisotopic (exact) mass is 1760 g/mol. The van der Waals surface area contributed by atoms with Gasteiger partial charge in [0.2, 0.25) is 0 Å². The van der Waals surface area contributed by atoms with E-state index in [2.05, 4.69) is 48.9 Å². The summed E-state index contributed by atoms with van der Waals surface area (Å²) in [6.07, 6.45) is -14.4. The van der Waals surface area contributed by atoms with Crippen LogP contribution in [0.5, 0.6) is 0 Å². The number of anilines is 4. The number of nitriles is 1. The number of nitrogens with zero attached hydrogens (tertiary/aromatic N) is 15. The number of fused-ring (bicyclic) bond motifs is 2. The summed E-state index contributed by atoms with van der Waals surface area (Å²) >= 11 is 2.71. The van der Waals surface area contributed by atoms with E-state index in [1.807, 2.05) is 0 Å². The predicted molar refractivity (Wildman–Crippen MR) is 390 cm³/mol. The molecule has 17 N–H and O–H groups in total. The maximum Gasteiger partial charge on any atom is 0.472 e. The molecule has 2 unspecified atom stereocenters. The molecule has 18 atom stereocenters. The highest BCUT2D eigenvalue weighted by Crippen LogP contribution is 2.52. The van der Waals surface area contributed by atoms with Gasteiger partial charge in [-0.05, 0) is 53.7 Å². The number of carbonyl (C=O) groups excluding carboxylic acids is 4. The lowest BCUT2D eigenvalue weighted by atomic mass is 10.1. The Bertz CT molecular complexity index is 4910. The Morgan fingerprint density at radius 1 is 0.560 bits per heavy atom. The molecule has 6 aliphatic rings. The first-order chi connectivity index (χ1) is 54.3. The highest BCUT2D eigenvalue weighted by molar-refractivity contribution is 7.99. The molecule has 2 amide bonds. The van der Waals surface area contributed by atoms with Crippen LogP contribution < -0.4 is 34.3 Å². The topological polar surface area (TPSA) is 739 Å². The minimum Gasteiger partial charge on any atom is -0.455 e. The Morgan fingerprint density at radius 2 is 0.974 bits per heavy atom. The number of rotatable bonds is 24. The quantitative estimate of drug-likeness (QED) is 0.0191. The van der Waals surface area contributed by atoms with E-state index in [1.165, 1.54) is 86.0 Å². The summed E-state index contributed by atoms with van der Waals surface area (Å²) in [7, 11) is -20.2. The number of nitrogen functional groups attached to an aromatic ring is 4. The van der Waals surface area contributed by atoms with Gasteiger partial charge in [-0.1, -0.05) is 0 Å². The van der Waals surface area contributed by atoms with Gasteiger partial charge in [0, 0.05) is 36.7 Å². The van der Waals surface area contributed by atoms with Gasteiger partial charge in [0.1, 0.15) is 132 Å². The largest absolute Gasteiger partial charge is 0.472 e. The number of amides is 2.